The van der Waals surface area contributed by atoms with Crippen LogP contribution in [-0.2, 0) is 11.2 Å². The summed E-state index contributed by atoms with van der Waals surface area (Å²) in [5.41, 5.74) is 1.07. The van der Waals surface area contributed by atoms with E-state index < -0.39 is 0 Å². The Bertz CT molecular complexity index is 500. The van der Waals surface area contributed by atoms with E-state index in [0.717, 1.165) is 43.8 Å². The number of nitrogens with zero attached hydrogens (tertiary/aromatic N) is 1. The molecule has 120 valence electrons. The molecule has 0 spiro atoms. The second-order valence-electron chi connectivity index (χ2n) is 6.43. The van der Waals surface area contributed by atoms with Crippen LogP contribution in [0.5, 0.6) is 5.75 Å². The third kappa shape index (κ3) is 3.43. The van der Waals surface area contributed by atoms with E-state index in [9.17, 15) is 4.79 Å². The van der Waals surface area contributed by atoms with Gasteiger partial charge in [-0.25, -0.2) is 0 Å². The largest absolute Gasteiger partial charge is 0.497 e. The van der Waals surface area contributed by atoms with Gasteiger partial charge in [-0.05, 0) is 56.0 Å². The predicted molar refractivity (Wildman–Crippen MR) is 87.0 cm³/mol. The summed E-state index contributed by atoms with van der Waals surface area (Å²) in [6.45, 7) is 3.03. The van der Waals surface area contributed by atoms with Crippen molar-refractivity contribution in [3.8, 4) is 5.75 Å². The summed E-state index contributed by atoms with van der Waals surface area (Å²) in [7, 11) is 1.66. The van der Waals surface area contributed by atoms with Crippen LogP contribution in [0.3, 0.4) is 0 Å². The number of methoxy groups -OCH3 is 1. The monoisotopic (exact) mass is 302 g/mol. The number of hydrogen-bond acceptors (Lipinski definition) is 3. The van der Waals surface area contributed by atoms with Crippen LogP contribution in [0, 0.1) is 5.92 Å². The molecule has 4 nitrogen and oxygen atoms in total. The summed E-state index contributed by atoms with van der Waals surface area (Å²) in [5, 5.41) is 3.48. The van der Waals surface area contributed by atoms with Gasteiger partial charge in [-0.3, -0.25) is 4.79 Å². The fraction of sp³-hybridized carbons (Fsp3) is 0.611. The van der Waals surface area contributed by atoms with Gasteiger partial charge in [0, 0.05) is 12.6 Å². The molecule has 2 heterocycles. The lowest BCUT2D eigenvalue weighted by molar-refractivity contribution is -0.134. The molecule has 0 saturated carbocycles. The highest BCUT2D eigenvalue weighted by Crippen LogP contribution is 2.27. The molecular weight excluding hydrogens is 276 g/mol. The van der Waals surface area contributed by atoms with Gasteiger partial charge in [0.2, 0.25) is 5.91 Å². The van der Waals surface area contributed by atoms with Gasteiger partial charge in [-0.15, -0.1) is 0 Å². The highest BCUT2D eigenvalue weighted by Gasteiger charge is 2.33. The van der Waals surface area contributed by atoms with E-state index in [2.05, 4.69) is 10.2 Å². The maximum Gasteiger partial charge on any atom is 0.227 e. The molecule has 22 heavy (non-hydrogen) atoms. The predicted octanol–water partition coefficient (Wildman–Crippen LogP) is 2.23. The number of likely N-dealkylation sites (tertiary alicyclic amines) is 1. The Hall–Kier alpha value is -1.55. The van der Waals surface area contributed by atoms with E-state index in [4.69, 9.17) is 4.74 Å². The van der Waals surface area contributed by atoms with Crippen molar-refractivity contribution in [1.82, 2.24) is 10.2 Å². The number of rotatable bonds is 3. The Morgan fingerprint density at radius 3 is 2.86 bits per heavy atom. The van der Waals surface area contributed by atoms with Gasteiger partial charge in [0.25, 0.3) is 0 Å². The maximum atomic E-state index is 12.8. The molecule has 0 bridgehead atoms. The molecule has 2 aliphatic rings. The molecule has 1 amide bonds. The number of benzene rings is 1. The van der Waals surface area contributed by atoms with Crippen LogP contribution >= 0.6 is 0 Å². The van der Waals surface area contributed by atoms with Crippen LogP contribution in [0.1, 0.15) is 31.2 Å². The van der Waals surface area contributed by atoms with Gasteiger partial charge in [0.05, 0.1) is 13.5 Å². The number of hydrogen-bond donors (Lipinski definition) is 1. The first kappa shape index (κ1) is 15.3. The maximum absolute atomic E-state index is 12.8. The molecule has 3 rings (SSSR count). The van der Waals surface area contributed by atoms with E-state index in [1.165, 1.54) is 12.8 Å². The number of ether oxygens (including phenoxy) is 1. The van der Waals surface area contributed by atoms with Crippen LogP contribution in [0.2, 0.25) is 0 Å². The van der Waals surface area contributed by atoms with Crippen molar-refractivity contribution in [2.45, 2.75) is 38.1 Å². The average molecular weight is 302 g/mol. The Balaban J connectivity index is 1.68. The first-order valence-corrected chi connectivity index (χ1v) is 8.41. The van der Waals surface area contributed by atoms with E-state index in [0.29, 0.717) is 18.4 Å². The lowest BCUT2D eigenvalue weighted by Crippen LogP contribution is -2.51. The molecule has 0 radical (unpaired) electrons. The minimum atomic E-state index is 0.281. The van der Waals surface area contributed by atoms with E-state index in [1.54, 1.807) is 7.11 Å². The highest BCUT2D eigenvalue weighted by molar-refractivity contribution is 5.79. The number of carbonyl (C=O) groups is 1. The number of carbonyl (C=O) groups excluding carboxylic acids is 1. The second-order valence-corrected chi connectivity index (χ2v) is 6.43. The quantitative estimate of drug-likeness (QED) is 0.931. The zero-order valence-corrected chi connectivity index (χ0v) is 13.4. The number of fused-ring (bicyclic) bond motifs is 1. The highest BCUT2D eigenvalue weighted by atomic mass is 16.5. The molecule has 2 saturated heterocycles. The van der Waals surface area contributed by atoms with Gasteiger partial charge in [0.15, 0.2) is 0 Å². The SMILES string of the molecule is COc1ccc(CC(=O)N2CCCC[C@H]3CNCC[C@H]32)cc1. The molecule has 4 heteroatoms. The van der Waals surface area contributed by atoms with E-state index in [1.807, 2.05) is 24.3 Å². The Labute approximate surface area is 132 Å². The molecule has 1 N–H and O–H groups in total. The fourth-order valence-corrected chi connectivity index (χ4v) is 3.80. The summed E-state index contributed by atoms with van der Waals surface area (Å²) >= 11 is 0. The van der Waals surface area contributed by atoms with Crippen LogP contribution in [0.25, 0.3) is 0 Å². The van der Waals surface area contributed by atoms with Crippen molar-refractivity contribution >= 4 is 5.91 Å². The van der Waals surface area contributed by atoms with Crippen LogP contribution in [-0.4, -0.2) is 43.6 Å². The van der Waals surface area contributed by atoms with Crippen molar-refractivity contribution in [1.29, 1.82) is 0 Å². The Kier molecular flexibility index (Phi) is 4.98. The lowest BCUT2D eigenvalue weighted by atomic mass is 9.89. The molecule has 0 aromatic heterocycles. The molecule has 2 aliphatic heterocycles. The topological polar surface area (TPSA) is 41.6 Å². The standard InChI is InChI=1S/C18H26N2O2/c1-22-16-7-5-14(6-8-16)12-18(21)20-11-3-2-4-15-13-19-10-9-17(15)20/h5-8,15,17,19H,2-4,9-13H2,1H3/t15-,17+/m0/s1. The number of amides is 1. The summed E-state index contributed by atoms with van der Waals surface area (Å²) < 4.78 is 5.18. The van der Waals surface area contributed by atoms with Crippen molar-refractivity contribution in [2.24, 2.45) is 5.92 Å². The Morgan fingerprint density at radius 1 is 1.27 bits per heavy atom. The fourth-order valence-electron chi connectivity index (χ4n) is 3.80. The Morgan fingerprint density at radius 2 is 2.09 bits per heavy atom. The van der Waals surface area contributed by atoms with Gasteiger partial charge < -0.3 is 15.0 Å². The number of nitrogens with one attached hydrogen (secondary N) is 1. The average Bonchev–Trinajstić information content (AvgIpc) is 2.78. The molecule has 0 unspecified atom stereocenters. The third-order valence-electron chi connectivity index (χ3n) is 5.03. The van der Waals surface area contributed by atoms with Crippen molar-refractivity contribution in [2.75, 3.05) is 26.7 Å². The van der Waals surface area contributed by atoms with Crippen molar-refractivity contribution < 1.29 is 9.53 Å². The van der Waals surface area contributed by atoms with Gasteiger partial charge in [-0.1, -0.05) is 18.6 Å². The van der Waals surface area contributed by atoms with Crippen LogP contribution in [0.4, 0.5) is 0 Å². The molecule has 2 atom stereocenters. The van der Waals surface area contributed by atoms with Crippen LogP contribution < -0.4 is 10.1 Å². The zero-order chi connectivity index (χ0) is 15.4. The van der Waals surface area contributed by atoms with Crippen molar-refractivity contribution in [3.63, 3.8) is 0 Å². The first-order chi connectivity index (χ1) is 10.8. The third-order valence-corrected chi connectivity index (χ3v) is 5.03. The van der Waals surface area contributed by atoms with E-state index >= 15 is 0 Å². The van der Waals surface area contributed by atoms with E-state index in [-0.39, 0.29) is 5.91 Å². The molecule has 0 aliphatic carbocycles. The minimum absolute atomic E-state index is 0.281. The molecular formula is C18H26N2O2. The normalized spacial score (nSPS) is 25.2. The molecule has 1 aromatic rings. The summed E-state index contributed by atoms with van der Waals surface area (Å²) in [5.74, 6) is 1.75. The second kappa shape index (κ2) is 7.14. The van der Waals surface area contributed by atoms with Crippen molar-refractivity contribution in [3.05, 3.63) is 29.8 Å². The first-order valence-electron chi connectivity index (χ1n) is 8.41. The summed E-state index contributed by atoms with van der Waals surface area (Å²) in [6.07, 6.45) is 5.24. The smallest absolute Gasteiger partial charge is 0.227 e. The van der Waals surface area contributed by atoms with Crippen LogP contribution in [0.15, 0.2) is 24.3 Å². The molecule has 1 aromatic carbocycles. The van der Waals surface area contributed by atoms with Gasteiger partial charge in [0.1, 0.15) is 5.75 Å². The van der Waals surface area contributed by atoms with Gasteiger partial charge >= 0.3 is 0 Å². The minimum Gasteiger partial charge on any atom is -0.497 e. The lowest BCUT2D eigenvalue weighted by Gasteiger charge is -2.38. The summed E-state index contributed by atoms with van der Waals surface area (Å²) in [4.78, 5) is 15.0. The summed E-state index contributed by atoms with van der Waals surface area (Å²) in [6, 6.07) is 8.29. The zero-order valence-electron chi connectivity index (χ0n) is 13.4. The van der Waals surface area contributed by atoms with Gasteiger partial charge in [-0.2, -0.15) is 0 Å². The molecule has 2 fully saturated rings. The number of piperidine rings is 1.